The van der Waals surface area contributed by atoms with Gasteiger partial charge in [-0.2, -0.15) is 0 Å². The fourth-order valence-electron chi connectivity index (χ4n) is 3.21. The average molecular weight is 387 g/mol. The number of hydrogen-bond acceptors (Lipinski definition) is 4. The lowest BCUT2D eigenvalue weighted by atomic mass is 10.1. The molecule has 0 spiro atoms. The molecule has 0 unspecified atom stereocenters. The number of ether oxygens (including phenoxy) is 1. The molecule has 0 radical (unpaired) electrons. The summed E-state index contributed by atoms with van der Waals surface area (Å²) in [5, 5.41) is 8.62. The maximum absolute atomic E-state index is 12.3. The number of carbonyl (C=O) groups is 1. The first-order chi connectivity index (χ1) is 12.8. The Bertz CT molecular complexity index is 903. The molecular formula is C21H23ClN2O3. The summed E-state index contributed by atoms with van der Waals surface area (Å²) >= 11 is 0. The predicted molar refractivity (Wildman–Crippen MR) is 108 cm³/mol. The van der Waals surface area contributed by atoms with Gasteiger partial charge in [-0.25, -0.2) is 0 Å². The van der Waals surface area contributed by atoms with Crippen LogP contribution < -0.4 is 15.4 Å². The van der Waals surface area contributed by atoms with Crippen LogP contribution in [0, 0.1) is 0 Å². The Morgan fingerprint density at radius 1 is 1.07 bits per heavy atom. The summed E-state index contributed by atoms with van der Waals surface area (Å²) < 4.78 is 11.5. The average Bonchev–Trinajstić information content (AvgIpc) is 3.16. The van der Waals surface area contributed by atoms with Gasteiger partial charge in [-0.05, 0) is 61.0 Å². The minimum Gasteiger partial charge on any atom is -0.486 e. The van der Waals surface area contributed by atoms with Crippen LogP contribution in [-0.2, 0) is 6.61 Å². The molecule has 5 nitrogen and oxygen atoms in total. The van der Waals surface area contributed by atoms with Crippen molar-refractivity contribution in [1.82, 2.24) is 10.6 Å². The second-order valence-electron chi connectivity index (χ2n) is 6.56. The number of piperidine rings is 1. The van der Waals surface area contributed by atoms with E-state index in [1.54, 1.807) is 12.1 Å². The van der Waals surface area contributed by atoms with E-state index in [9.17, 15) is 4.79 Å². The molecule has 1 aliphatic rings. The van der Waals surface area contributed by atoms with Crippen molar-refractivity contribution in [3.63, 3.8) is 0 Å². The molecule has 0 aliphatic carbocycles. The highest BCUT2D eigenvalue weighted by molar-refractivity contribution is 5.91. The SMILES string of the molecule is Cl.O=C(NC1CCNCC1)c1ccc(COc2ccc3ccccc3c2)o1. The molecule has 2 heterocycles. The summed E-state index contributed by atoms with van der Waals surface area (Å²) in [6.45, 7) is 2.17. The van der Waals surface area contributed by atoms with Gasteiger partial charge >= 0.3 is 0 Å². The normalized spacial score (nSPS) is 14.5. The number of halogens is 1. The van der Waals surface area contributed by atoms with Gasteiger partial charge in [-0.1, -0.05) is 30.3 Å². The maximum atomic E-state index is 12.3. The van der Waals surface area contributed by atoms with Gasteiger partial charge in [0.1, 0.15) is 18.1 Å². The standard InChI is InChI=1S/C21H22N2O3.ClH/c24-21(23-17-9-11-22-12-10-17)20-8-7-19(26-20)14-25-18-6-5-15-3-1-2-4-16(15)13-18;/h1-8,13,17,22H,9-12,14H2,(H,23,24);1H. The van der Waals surface area contributed by atoms with Crippen LogP contribution in [0.25, 0.3) is 10.8 Å². The first-order valence-electron chi connectivity index (χ1n) is 9.00. The zero-order chi connectivity index (χ0) is 17.8. The van der Waals surface area contributed by atoms with Crippen LogP contribution in [0.15, 0.2) is 59.0 Å². The summed E-state index contributed by atoms with van der Waals surface area (Å²) in [5.41, 5.74) is 0. The molecule has 1 fully saturated rings. The summed E-state index contributed by atoms with van der Waals surface area (Å²) in [6, 6.07) is 17.8. The third-order valence-corrected chi connectivity index (χ3v) is 4.66. The van der Waals surface area contributed by atoms with Crippen LogP contribution in [0.4, 0.5) is 0 Å². The number of fused-ring (bicyclic) bond motifs is 1. The summed E-state index contributed by atoms with van der Waals surface area (Å²) in [6.07, 6.45) is 1.90. The molecule has 6 heteroatoms. The third kappa shape index (κ3) is 4.81. The molecule has 1 saturated heterocycles. The van der Waals surface area contributed by atoms with Crippen molar-refractivity contribution in [1.29, 1.82) is 0 Å². The van der Waals surface area contributed by atoms with Gasteiger partial charge in [0.15, 0.2) is 5.76 Å². The molecule has 1 aliphatic heterocycles. The monoisotopic (exact) mass is 386 g/mol. The molecule has 0 saturated carbocycles. The fourth-order valence-corrected chi connectivity index (χ4v) is 3.21. The van der Waals surface area contributed by atoms with E-state index in [-0.39, 0.29) is 24.4 Å². The van der Waals surface area contributed by atoms with Gasteiger partial charge in [0.25, 0.3) is 5.91 Å². The lowest BCUT2D eigenvalue weighted by molar-refractivity contribution is 0.0897. The maximum Gasteiger partial charge on any atom is 0.287 e. The number of hydrogen-bond donors (Lipinski definition) is 2. The van der Waals surface area contributed by atoms with Crippen molar-refractivity contribution in [3.8, 4) is 5.75 Å². The van der Waals surface area contributed by atoms with Gasteiger partial charge in [-0.3, -0.25) is 4.79 Å². The van der Waals surface area contributed by atoms with Gasteiger partial charge in [0.2, 0.25) is 0 Å². The molecule has 0 bridgehead atoms. The number of amides is 1. The van der Waals surface area contributed by atoms with Crippen molar-refractivity contribution in [2.45, 2.75) is 25.5 Å². The minimum atomic E-state index is -0.158. The second kappa shape index (κ2) is 8.93. The van der Waals surface area contributed by atoms with Crippen LogP contribution in [0.3, 0.4) is 0 Å². The Hall–Kier alpha value is -2.50. The summed E-state index contributed by atoms with van der Waals surface area (Å²) in [4.78, 5) is 12.3. The number of nitrogens with one attached hydrogen (secondary N) is 2. The van der Waals surface area contributed by atoms with Crippen LogP contribution in [0.2, 0.25) is 0 Å². The number of benzene rings is 2. The molecule has 2 N–H and O–H groups in total. The van der Waals surface area contributed by atoms with Crippen LogP contribution in [0.1, 0.15) is 29.2 Å². The number of furan rings is 1. The van der Waals surface area contributed by atoms with Gasteiger partial charge in [0, 0.05) is 6.04 Å². The van der Waals surface area contributed by atoms with E-state index >= 15 is 0 Å². The lowest BCUT2D eigenvalue weighted by Gasteiger charge is -2.23. The molecule has 142 valence electrons. The van der Waals surface area contributed by atoms with E-state index in [1.165, 1.54) is 5.39 Å². The molecule has 1 amide bonds. The Balaban J connectivity index is 0.00000210. The quantitative estimate of drug-likeness (QED) is 0.697. The molecule has 4 rings (SSSR count). The number of carbonyl (C=O) groups excluding carboxylic acids is 1. The highest BCUT2D eigenvalue weighted by Gasteiger charge is 2.18. The highest BCUT2D eigenvalue weighted by Crippen LogP contribution is 2.21. The van der Waals surface area contributed by atoms with Crippen molar-refractivity contribution >= 4 is 29.1 Å². The van der Waals surface area contributed by atoms with Gasteiger partial charge in [-0.15, -0.1) is 12.4 Å². The van der Waals surface area contributed by atoms with Crippen molar-refractivity contribution in [3.05, 3.63) is 66.1 Å². The smallest absolute Gasteiger partial charge is 0.287 e. The van der Waals surface area contributed by atoms with E-state index in [1.807, 2.05) is 30.3 Å². The zero-order valence-corrected chi connectivity index (χ0v) is 15.8. The Labute approximate surface area is 164 Å². The van der Waals surface area contributed by atoms with E-state index in [2.05, 4.69) is 22.8 Å². The lowest BCUT2D eigenvalue weighted by Crippen LogP contribution is -2.42. The molecule has 2 aromatic carbocycles. The van der Waals surface area contributed by atoms with Crippen molar-refractivity contribution in [2.75, 3.05) is 13.1 Å². The van der Waals surface area contributed by atoms with Crippen molar-refractivity contribution in [2.24, 2.45) is 0 Å². The minimum absolute atomic E-state index is 0. The zero-order valence-electron chi connectivity index (χ0n) is 14.9. The predicted octanol–water partition coefficient (Wildman–Crippen LogP) is 3.92. The van der Waals surface area contributed by atoms with Gasteiger partial charge in [0.05, 0.1) is 0 Å². The molecule has 3 aromatic rings. The third-order valence-electron chi connectivity index (χ3n) is 4.66. The van der Waals surface area contributed by atoms with E-state index < -0.39 is 0 Å². The summed E-state index contributed by atoms with van der Waals surface area (Å²) in [7, 11) is 0. The Kier molecular flexibility index (Phi) is 6.37. The first kappa shape index (κ1) is 19.3. The fraction of sp³-hybridized carbons (Fsp3) is 0.286. The van der Waals surface area contributed by atoms with E-state index in [4.69, 9.17) is 9.15 Å². The topological polar surface area (TPSA) is 63.5 Å². The highest BCUT2D eigenvalue weighted by atomic mass is 35.5. The molecule has 0 atom stereocenters. The van der Waals surface area contributed by atoms with Gasteiger partial charge < -0.3 is 19.8 Å². The van der Waals surface area contributed by atoms with Crippen LogP contribution >= 0.6 is 12.4 Å². The summed E-state index contributed by atoms with van der Waals surface area (Å²) in [5.74, 6) is 1.59. The molecular weight excluding hydrogens is 364 g/mol. The Morgan fingerprint density at radius 3 is 2.67 bits per heavy atom. The second-order valence-corrected chi connectivity index (χ2v) is 6.56. The van der Waals surface area contributed by atoms with Crippen LogP contribution in [0.5, 0.6) is 5.75 Å². The number of rotatable bonds is 5. The first-order valence-corrected chi connectivity index (χ1v) is 9.00. The molecule has 27 heavy (non-hydrogen) atoms. The molecule has 1 aromatic heterocycles. The Morgan fingerprint density at radius 2 is 1.85 bits per heavy atom. The van der Waals surface area contributed by atoms with E-state index in [0.717, 1.165) is 37.1 Å². The largest absolute Gasteiger partial charge is 0.486 e. The van der Waals surface area contributed by atoms with Crippen molar-refractivity contribution < 1.29 is 13.9 Å². The van der Waals surface area contributed by atoms with Crippen LogP contribution in [-0.4, -0.2) is 25.0 Å². The van der Waals surface area contributed by atoms with E-state index in [0.29, 0.717) is 18.1 Å².